The molecule has 0 N–H and O–H groups in total. The number of anilines is 2. The van der Waals surface area contributed by atoms with E-state index in [1.54, 1.807) is 0 Å². The van der Waals surface area contributed by atoms with E-state index in [1.165, 1.54) is 42.7 Å². The molecule has 0 atom stereocenters. The molecule has 1 heterocycles. The van der Waals surface area contributed by atoms with Gasteiger partial charge in [0, 0.05) is 38.6 Å². The van der Waals surface area contributed by atoms with E-state index in [-0.39, 0.29) is 0 Å². The van der Waals surface area contributed by atoms with Gasteiger partial charge in [0.2, 0.25) is 0 Å². The zero-order valence-electron chi connectivity index (χ0n) is 15.1. The smallest absolute Gasteiger partial charge is 0.0408 e. The summed E-state index contributed by atoms with van der Waals surface area (Å²) in [5.41, 5.74) is 4.94. The molecule has 0 unspecified atom stereocenters. The zero-order chi connectivity index (χ0) is 18.2. The lowest BCUT2D eigenvalue weighted by atomic mass is 9.99. The highest BCUT2D eigenvalue weighted by Crippen LogP contribution is 2.40. The van der Waals surface area contributed by atoms with E-state index in [2.05, 4.69) is 103 Å². The number of hydrogen-bond donors (Lipinski definition) is 0. The normalized spacial score (nSPS) is 11.1. The van der Waals surface area contributed by atoms with Crippen LogP contribution in [0.15, 0.2) is 97.1 Å². The minimum atomic E-state index is 1.19. The zero-order valence-corrected chi connectivity index (χ0v) is 15.9. The highest BCUT2D eigenvalue weighted by molar-refractivity contribution is 7.25. The van der Waals surface area contributed by atoms with Crippen molar-refractivity contribution in [3.8, 4) is 11.1 Å². The SMILES string of the molecule is CN(c1ccccc1)c1ccc(-c2cccc3sc4ccccc4c23)cc1. The van der Waals surface area contributed by atoms with Gasteiger partial charge < -0.3 is 4.90 Å². The Balaban J connectivity index is 1.60. The second kappa shape index (κ2) is 6.57. The van der Waals surface area contributed by atoms with Crippen molar-refractivity contribution >= 4 is 42.9 Å². The van der Waals surface area contributed by atoms with Crippen LogP contribution in [0.25, 0.3) is 31.3 Å². The number of hydrogen-bond acceptors (Lipinski definition) is 2. The molecular weight excluding hydrogens is 346 g/mol. The Morgan fingerprint density at radius 2 is 1.26 bits per heavy atom. The summed E-state index contributed by atoms with van der Waals surface area (Å²) in [6.45, 7) is 0. The first-order valence-corrected chi connectivity index (χ1v) is 9.92. The van der Waals surface area contributed by atoms with Crippen LogP contribution in [0.3, 0.4) is 0 Å². The third kappa shape index (κ3) is 2.79. The molecule has 1 nitrogen and oxygen atoms in total. The molecule has 27 heavy (non-hydrogen) atoms. The quantitative estimate of drug-likeness (QED) is 0.320. The van der Waals surface area contributed by atoms with Crippen LogP contribution in [-0.4, -0.2) is 7.05 Å². The van der Waals surface area contributed by atoms with E-state index in [4.69, 9.17) is 0 Å². The molecule has 0 aliphatic heterocycles. The lowest BCUT2D eigenvalue weighted by molar-refractivity contribution is 1.21. The van der Waals surface area contributed by atoms with Crippen LogP contribution in [0, 0.1) is 0 Å². The first kappa shape index (κ1) is 16.1. The highest BCUT2D eigenvalue weighted by Gasteiger charge is 2.11. The molecule has 4 aromatic carbocycles. The van der Waals surface area contributed by atoms with E-state index in [0.717, 1.165) is 0 Å². The molecule has 0 amide bonds. The maximum Gasteiger partial charge on any atom is 0.0408 e. The maximum atomic E-state index is 2.23. The topological polar surface area (TPSA) is 3.24 Å². The fraction of sp³-hybridized carbons (Fsp3) is 0.0400. The average molecular weight is 366 g/mol. The molecule has 0 radical (unpaired) electrons. The number of rotatable bonds is 3. The maximum absolute atomic E-state index is 2.23. The van der Waals surface area contributed by atoms with Gasteiger partial charge in [-0.1, -0.05) is 60.7 Å². The van der Waals surface area contributed by atoms with Gasteiger partial charge in [0.15, 0.2) is 0 Å². The third-order valence-electron chi connectivity index (χ3n) is 5.11. The predicted octanol–water partition coefficient (Wildman–Crippen LogP) is 7.49. The van der Waals surface area contributed by atoms with Gasteiger partial charge in [0.1, 0.15) is 0 Å². The van der Waals surface area contributed by atoms with Crippen molar-refractivity contribution in [2.45, 2.75) is 0 Å². The van der Waals surface area contributed by atoms with Crippen LogP contribution in [0.2, 0.25) is 0 Å². The molecule has 5 rings (SSSR count). The second-order valence-corrected chi connectivity index (χ2v) is 7.80. The molecule has 1 aromatic heterocycles. The Morgan fingerprint density at radius 3 is 2.07 bits per heavy atom. The van der Waals surface area contributed by atoms with Gasteiger partial charge in [-0.25, -0.2) is 0 Å². The summed E-state index contributed by atoms with van der Waals surface area (Å²) >= 11 is 1.87. The third-order valence-corrected chi connectivity index (χ3v) is 6.25. The highest BCUT2D eigenvalue weighted by atomic mass is 32.1. The van der Waals surface area contributed by atoms with E-state index in [0.29, 0.717) is 0 Å². The minimum absolute atomic E-state index is 1.19. The molecule has 0 spiro atoms. The number of thiophene rings is 1. The number of fused-ring (bicyclic) bond motifs is 3. The van der Waals surface area contributed by atoms with Crippen LogP contribution < -0.4 is 4.90 Å². The van der Waals surface area contributed by atoms with Crippen molar-refractivity contribution in [3.63, 3.8) is 0 Å². The fourth-order valence-electron chi connectivity index (χ4n) is 3.68. The molecule has 5 aromatic rings. The van der Waals surface area contributed by atoms with Crippen molar-refractivity contribution in [1.29, 1.82) is 0 Å². The van der Waals surface area contributed by atoms with E-state index in [1.807, 2.05) is 17.4 Å². The first-order chi connectivity index (χ1) is 13.3. The lowest BCUT2D eigenvalue weighted by Gasteiger charge is -2.19. The summed E-state index contributed by atoms with van der Waals surface area (Å²) in [5, 5.41) is 2.71. The Bertz CT molecular complexity index is 1220. The first-order valence-electron chi connectivity index (χ1n) is 9.11. The number of nitrogens with zero attached hydrogens (tertiary/aromatic N) is 1. The minimum Gasteiger partial charge on any atom is -0.345 e. The molecule has 0 aliphatic carbocycles. The Labute approximate surface area is 163 Å². The molecular formula is C25H19NS. The van der Waals surface area contributed by atoms with Gasteiger partial charge in [-0.3, -0.25) is 0 Å². The molecule has 0 bridgehead atoms. The van der Waals surface area contributed by atoms with Gasteiger partial charge in [-0.2, -0.15) is 0 Å². The summed E-state index contributed by atoms with van der Waals surface area (Å²) in [5.74, 6) is 0. The number of para-hydroxylation sites is 1. The van der Waals surface area contributed by atoms with Gasteiger partial charge >= 0.3 is 0 Å². The van der Waals surface area contributed by atoms with Crippen molar-refractivity contribution < 1.29 is 0 Å². The van der Waals surface area contributed by atoms with Crippen LogP contribution in [0.4, 0.5) is 11.4 Å². The van der Waals surface area contributed by atoms with Crippen molar-refractivity contribution in [2.75, 3.05) is 11.9 Å². The Kier molecular flexibility index (Phi) is 3.92. The Morgan fingerprint density at radius 1 is 0.593 bits per heavy atom. The molecule has 0 fully saturated rings. The Hall–Kier alpha value is -3.10. The standard InChI is InChI=1S/C25H19NS/c1-26(19-8-3-2-4-9-19)20-16-14-18(15-17-20)21-11-7-13-24-25(21)22-10-5-6-12-23(22)27-24/h2-17H,1H3. The average Bonchev–Trinajstić information content (AvgIpc) is 3.13. The van der Waals surface area contributed by atoms with E-state index >= 15 is 0 Å². The summed E-state index contributed by atoms with van der Waals surface area (Å²) in [6.07, 6.45) is 0. The summed E-state index contributed by atoms with van der Waals surface area (Å²) in [7, 11) is 2.11. The summed E-state index contributed by atoms with van der Waals surface area (Å²) in [6, 6.07) is 34.6. The largest absolute Gasteiger partial charge is 0.345 e. The van der Waals surface area contributed by atoms with Crippen molar-refractivity contribution in [3.05, 3.63) is 97.1 Å². The molecule has 2 heteroatoms. The fourth-order valence-corrected chi connectivity index (χ4v) is 4.81. The molecule has 0 aliphatic rings. The predicted molar refractivity (Wildman–Crippen MR) is 119 cm³/mol. The van der Waals surface area contributed by atoms with Gasteiger partial charge in [-0.05, 0) is 47.5 Å². The molecule has 130 valence electrons. The van der Waals surface area contributed by atoms with Gasteiger partial charge in [0.05, 0.1) is 0 Å². The van der Waals surface area contributed by atoms with Crippen LogP contribution >= 0.6 is 11.3 Å². The van der Waals surface area contributed by atoms with Crippen molar-refractivity contribution in [2.24, 2.45) is 0 Å². The second-order valence-electron chi connectivity index (χ2n) is 6.72. The monoisotopic (exact) mass is 365 g/mol. The van der Waals surface area contributed by atoms with Crippen LogP contribution in [0.1, 0.15) is 0 Å². The van der Waals surface area contributed by atoms with E-state index in [9.17, 15) is 0 Å². The van der Waals surface area contributed by atoms with E-state index < -0.39 is 0 Å². The summed E-state index contributed by atoms with van der Waals surface area (Å²) in [4.78, 5) is 2.21. The van der Waals surface area contributed by atoms with Gasteiger partial charge in [0.25, 0.3) is 0 Å². The molecule has 0 saturated carbocycles. The lowest BCUT2D eigenvalue weighted by Crippen LogP contribution is -2.08. The van der Waals surface area contributed by atoms with Gasteiger partial charge in [-0.15, -0.1) is 11.3 Å². The van der Waals surface area contributed by atoms with Crippen molar-refractivity contribution in [1.82, 2.24) is 0 Å². The summed E-state index contributed by atoms with van der Waals surface area (Å²) < 4.78 is 2.69. The molecule has 0 saturated heterocycles. The van der Waals surface area contributed by atoms with Crippen LogP contribution in [-0.2, 0) is 0 Å². The van der Waals surface area contributed by atoms with Crippen LogP contribution in [0.5, 0.6) is 0 Å². The number of benzene rings is 4.